The van der Waals surface area contributed by atoms with Crippen molar-refractivity contribution in [2.45, 2.75) is 51.7 Å². The van der Waals surface area contributed by atoms with Crippen LogP contribution in [0.15, 0.2) is 0 Å². The molecule has 6 heteroatoms. The van der Waals surface area contributed by atoms with Gasteiger partial charge >= 0.3 is 6.09 Å². The Morgan fingerprint density at radius 3 is 2.50 bits per heavy atom. The Morgan fingerprint density at radius 2 is 1.95 bits per heavy atom. The molecule has 1 saturated heterocycles. The molecule has 1 spiro atoms. The van der Waals surface area contributed by atoms with Crippen LogP contribution < -0.4 is 5.32 Å². The van der Waals surface area contributed by atoms with Crippen molar-refractivity contribution < 1.29 is 19.1 Å². The quantitative estimate of drug-likeness (QED) is 0.781. The van der Waals surface area contributed by atoms with Crippen LogP contribution in [0.2, 0.25) is 0 Å². The average Bonchev–Trinajstić information content (AvgIpc) is 2.26. The number of carbonyl (C=O) groups is 3. The Labute approximate surface area is 118 Å². The monoisotopic (exact) mass is 282 g/mol. The van der Waals surface area contributed by atoms with E-state index in [0.29, 0.717) is 12.8 Å². The van der Waals surface area contributed by atoms with E-state index in [2.05, 4.69) is 5.32 Å². The first kappa shape index (κ1) is 14.8. The molecule has 20 heavy (non-hydrogen) atoms. The predicted molar refractivity (Wildman–Crippen MR) is 72.1 cm³/mol. The molecule has 1 N–H and O–H groups in total. The lowest BCUT2D eigenvalue weighted by Crippen LogP contribution is -2.61. The van der Waals surface area contributed by atoms with Gasteiger partial charge in [-0.3, -0.25) is 9.59 Å². The van der Waals surface area contributed by atoms with E-state index in [1.165, 1.54) is 4.90 Å². The Bertz CT molecular complexity index is 447. The van der Waals surface area contributed by atoms with Gasteiger partial charge in [-0.15, -0.1) is 0 Å². The van der Waals surface area contributed by atoms with Crippen LogP contribution >= 0.6 is 0 Å². The highest BCUT2D eigenvalue weighted by molar-refractivity contribution is 5.97. The third-order valence-corrected chi connectivity index (χ3v) is 3.95. The molecule has 0 unspecified atom stereocenters. The summed E-state index contributed by atoms with van der Waals surface area (Å²) in [5, 5.41) is 2.63. The first-order valence-electron chi connectivity index (χ1n) is 6.89. The summed E-state index contributed by atoms with van der Waals surface area (Å²) in [5.41, 5.74) is -1.14. The zero-order valence-corrected chi connectivity index (χ0v) is 12.5. The average molecular weight is 282 g/mol. The minimum absolute atomic E-state index is 0.0403. The van der Waals surface area contributed by atoms with Crippen molar-refractivity contribution in [1.29, 1.82) is 0 Å². The van der Waals surface area contributed by atoms with Crippen molar-refractivity contribution in [3.63, 3.8) is 0 Å². The SMILES string of the molecule is CN(C(=O)OC(C)(C)C)C1CC2(CC(=O)CNC2=O)C1. The predicted octanol–water partition coefficient (Wildman–Crippen LogP) is 1.09. The van der Waals surface area contributed by atoms with Gasteiger partial charge in [0.25, 0.3) is 0 Å². The molecule has 0 atom stereocenters. The number of carbonyl (C=O) groups excluding carboxylic acids is 3. The van der Waals surface area contributed by atoms with Crippen LogP contribution in [0.5, 0.6) is 0 Å². The van der Waals surface area contributed by atoms with Crippen LogP contribution in [-0.4, -0.2) is 47.9 Å². The molecule has 0 aromatic rings. The number of piperidine rings is 1. The van der Waals surface area contributed by atoms with E-state index in [1.807, 2.05) is 20.8 Å². The first-order chi connectivity index (χ1) is 9.13. The first-order valence-corrected chi connectivity index (χ1v) is 6.89. The van der Waals surface area contributed by atoms with Gasteiger partial charge in [-0.25, -0.2) is 4.79 Å². The Kier molecular flexibility index (Phi) is 3.52. The summed E-state index contributed by atoms with van der Waals surface area (Å²) in [4.78, 5) is 36.9. The second-order valence-electron chi connectivity index (χ2n) is 6.83. The van der Waals surface area contributed by atoms with Gasteiger partial charge in [-0.1, -0.05) is 0 Å². The Morgan fingerprint density at radius 1 is 1.35 bits per heavy atom. The Balaban J connectivity index is 1.93. The van der Waals surface area contributed by atoms with Gasteiger partial charge < -0.3 is 15.0 Å². The lowest BCUT2D eigenvalue weighted by Gasteiger charge is -2.50. The number of nitrogens with zero attached hydrogens (tertiary/aromatic N) is 1. The molecule has 1 saturated carbocycles. The zero-order chi connectivity index (χ0) is 15.1. The van der Waals surface area contributed by atoms with Gasteiger partial charge in [0, 0.05) is 19.5 Å². The second-order valence-corrected chi connectivity index (χ2v) is 6.83. The topological polar surface area (TPSA) is 75.7 Å². The van der Waals surface area contributed by atoms with Crippen LogP contribution in [0.4, 0.5) is 4.79 Å². The molecular formula is C14H22N2O4. The zero-order valence-electron chi connectivity index (χ0n) is 12.5. The van der Waals surface area contributed by atoms with Crippen LogP contribution in [0.3, 0.4) is 0 Å². The summed E-state index contributed by atoms with van der Waals surface area (Å²) in [6, 6.07) is -0.0403. The van der Waals surface area contributed by atoms with Crippen molar-refractivity contribution >= 4 is 17.8 Å². The molecule has 2 rings (SSSR count). The van der Waals surface area contributed by atoms with Crippen LogP contribution in [0, 0.1) is 5.41 Å². The molecule has 0 radical (unpaired) electrons. The smallest absolute Gasteiger partial charge is 0.410 e. The van der Waals surface area contributed by atoms with Gasteiger partial charge in [0.15, 0.2) is 5.78 Å². The van der Waals surface area contributed by atoms with Crippen LogP contribution in [0.1, 0.15) is 40.0 Å². The van der Waals surface area contributed by atoms with E-state index in [9.17, 15) is 14.4 Å². The molecule has 1 heterocycles. The van der Waals surface area contributed by atoms with Gasteiger partial charge in [-0.2, -0.15) is 0 Å². The fourth-order valence-corrected chi connectivity index (χ4v) is 2.82. The number of ether oxygens (including phenoxy) is 1. The van der Waals surface area contributed by atoms with Crippen molar-refractivity contribution in [2.24, 2.45) is 5.41 Å². The minimum atomic E-state index is -0.601. The molecular weight excluding hydrogens is 260 g/mol. The Hall–Kier alpha value is -1.59. The highest BCUT2D eigenvalue weighted by Gasteiger charge is 2.54. The molecule has 0 bridgehead atoms. The van der Waals surface area contributed by atoms with E-state index >= 15 is 0 Å². The standard InChI is InChI=1S/C14H22N2O4/c1-13(2,3)20-12(19)16(4)9-5-14(6-9)7-10(17)8-15-11(14)18/h9H,5-8H2,1-4H3,(H,15,18). The van der Waals surface area contributed by atoms with Crippen LogP contribution in [0.25, 0.3) is 0 Å². The molecule has 2 amide bonds. The van der Waals surface area contributed by atoms with Crippen molar-refractivity contribution in [1.82, 2.24) is 10.2 Å². The molecule has 112 valence electrons. The van der Waals surface area contributed by atoms with E-state index in [-0.39, 0.29) is 36.8 Å². The van der Waals surface area contributed by atoms with Gasteiger partial charge in [0.1, 0.15) is 5.60 Å². The summed E-state index contributed by atoms with van der Waals surface area (Å²) < 4.78 is 5.30. The lowest BCUT2D eigenvalue weighted by atomic mass is 9.60. The molecule has 6 nitrogen and oxygen atoms in total. The lowest BCUT2D eigenvalue weighted by molar-refractivity contribution is -0.150. The maximum Gasteiger partial charge on any atom is 0.410 e. The maximum absolute atomic E-state index is 11.9. The molecule has 1 aliphatic heterocycles. The van der Waals surface area contributed by atoms with E-state index in [0.717, 1.165) is 0 Å². The largest absolute Gasteiger partial charge is 0.444 e. The van der Waals surface area contributed by atoms with Crippen molar-refractivity contribution in [3.05, 3.63) is 0 Å². The number of Topliss-reactive ketones (excluding diaryl/α,β-unsaturated/α-hetero) is 1. The number of nitrogens with one attached hydrogen (secondary N) is 1. The summed E-state index contributed by atoms with van der Waals surface area (Å²) in [5.74, 6) is -0.00564. The summed E-state index contributed by atoms with van der Waals surface area (Å²) in [7, 11) is 1.67. The summed E-state index contributed by atoms with van der Waals surface area (Å²) >= 11 is 0. The number of ketones is 1. The third-order valence-electron chi connectivity index (χ3n) is 3.95. The van der Waals surface area contributed by atoms with E-state index in [1.54, 1.807) is 7.05 Å². The number of hydrogen-bond donors (Lipinski definition) is 1. The van der Waals surface area contributed by atoms with E-state index in [4.69, 9.17) is 4.74 Å². The minimum Gasteiger partial charge on any atom is -0.444 e. The number of hydrogen-bond acceptors (Lipinski definition) is 4. The normalized spacial score (nSPS) is 29.7. The summed E-state index contributed by atoms with van der Waals surface area (Å²) in [6.45, 7) is 5.57. The molecule has 1 aliphatic carbocycles. The van der Waals surface area contributed by atoms with Crippen LogP contribution in [-0.2, 0) is 14.3 Å². The molecule has 2 fully saturated rings. The third kappa shape index (κ3) is 2.78. The number of rotatable bonds is 1. The second kappa shape index (κ2) is 4.75. The van der Waals surface area contributed by atoms with Crippen molar-refractivity contribution in [2.75, 3.05) is 13.6 Å². The van der Waals surface area contributed by atoms with Gasteiger partial charge in [0.05, 0.1) is 12.0 Å². The molecule has 2 aliphatic rings. The number of amides is 2. The highest BCUT2D eigenvalue weighted by Crippen LogP contribution is 2.47. The molecule has 0 aromatic heterocycles. The molecule has 0 aromatic carbocycles. The maximum atomic E-state index is 11.9. The van der Waals surface area contributed by atoms with E-state index < -0.39 is 11.0 Å². The highest BCUT2D eigenvalue weighted by atomic mass is 16.6. The van der Waals surface area contributed by atoms with Crippen molar-refractivity contribution in [3.8, 4) is 0 Å². The summed E-state index contributed by atoms with van der Waals surface area (Å²) in [6.07, 6.45) is 0.956. The fraction of sp³-hybridized carbons (Fsp3) is 0.786. The van der Waals surface area contributed by atoms with Gasteiger partial charge in [-0.05, 0) is 33.6 Å². The van der Waals surface area contributed by atoms with Gasteiger partial charge in [0.2, 0.25) is 5.91 Å². The fourth-order valence-electron chi connectivity index (χ4n) is 2.82.